The van der Waals surface area contributed by atoms with Crippen molar-refractivity contribution in [2.24, 2.45) is 11.8 Å². The molecule has 0 aromatic heterocycles. The van der Waals surface area contributed by atoms with Crippen molar-refractivity contribution < 1.29 is 5.11 Å². The SMILES string of the molecule is OC(CCC1CC1)C1CC1. The Labute approximate surface area is 62.4 Å². The summed E-state index contributed by atoms with van der Waals surface area (Å²) in [5, 5.41) is 9.47. The molecule has 2 aliphatic carbocycles. The maximum Gasteiger partial charge on any atom is 0.0568 e. The first-order chi connectivity index (χ1) is 4.86. The largest absolute Gasteiger partial charge is 0.393 e. The molecule has 2 rings (SSSR count). The second-order valence-corrected chi connectivity index (χ2v) is 3.93. The molecule has 2 saturated carbocycles. The molecule has 2 fully saturated rings. The molecule has 1 nitrogen and oxygen atoms in total. The van der Waals surface area contributed by atoms with Gasteiger partial charge in [-0.3, -0.25) is 0 Å². The van der Waals surface area contributed by atoms with Gasteiger partial charge in [-0.1, -0.05) is 12.8 Å². The summed E-state index contributed by atoms with van der Waals surface area (Å²) in [5.41, 5.74) is 0. The van der Waals surface area contributed by atoms with Crippen LogP contribution in [0, 0.1) is 11.8 Å². The van der Waals surface area contributed by atoms with Crippen LogP contribution >= 0.6 is 0 Å². The second-order valence-electron chi connectivity index (χ2n) is 3.93. The average Bonchev–Trinajstić information content (AvgIpc) is 2.76. The monoisotopic (exact) mass is 140 g/mol. The summed E-state index contributed by atoms with van der Waals surface area (Å²) >= 11 is 0. The first kappa shape index (κ1) is 6.66. The third kappa shape index (κ3) is 1.72. The molecule has 1 atom stereocenters. The molecule has 10 heavy (non-hydrogen) atoms. The van der Waals surface area contributed by atoms with Crippen LogP contribution in [0.15, 0.2) is 0 Å². The summed E-state index contributed by atoms with van der Waals surface area (Å²) in [6, 6.07) is 0. The van der Waals surface area contributed by atoms with Crippen LogP contribution < -0.4 is 0 Å². The highest BCUT2D eigenvalue weighted by atomic mass is 16.3. The first-order valence-corrected chi connectivity index (χ1v) is 4.54. The van der Waals surface area contributed by atoms with Gasteiger partial charge in [0.2, 0.25) is 0 Å². The summed E-state index contributed by atoms with van der Waals surface area (Å²) in [5.74, 6) is 1.69. The summed E-state index contributed by atoms with van der Waals surface area (Å²) in [6.07, 6.45) is 7.85. The highest BCUT2D eigenvalue weighted by Gasteiger charge is 2.31. The molecule has 0 aromatic rings. The predicted octanol–water partition coefficient (Wildman–Crippen LogP) is 1.95. The molecule has 2 aliphatic rings. The second kappa shape index (κ2) is 2.54. The summed E-state index contributed by atoms with van der Waals surface area (Å²) in [7, 11) is 0. The van der Waals surface area contributed by atoms with Crippen LogP contribution in [-0.4, -0.2) is 11.2 Å². The zero-order chi connectivity index (χ0) is 6.97. The smallest absolute Gasteiger partial charge is 0.0568 e. The molecule has 58 valence electrons. The molecular formula is C9H16O. The van der Waals surface area contributed by atoms with E-state index in [4.69, 9.17) is 0 Å². The minimum atomic E-state index is 0.0561. The highest BCUT2D eigenvalue weighted by Crippen LogP contribution is 2.38. The van der Waals surface area contributed by atoms with Crippen LogP contribution in [0.1, 0.15) is 38.5 Å². The van der Waals surface area contributed by atoms with Crippen LogP contribution in [0.3, 0.4) is 0 Å². The van der Waals surface area contributed by atoms with Gasteiger partial charge in [-0.05, 0) is 37.5 Å². The van der Waals surface area contributed by atoms with Crippen molar-refractivity contribution in [1.82, 2.24) is 0 Å². The van der Waals surface area contributed by atoms with E-state index in [1.165, 1.54) is 32.1 Å². The Bertz CT molecular complexity index is 114. The highest BCUT2D eigenvalue weighted by molar-refractivity contribution is 4.83. The van der Waals surface area contributed by atoms with Gasteiger partial charge in [-0.25, -0.2) is 0 Å². The Morgan fingerprint density at radius 3 is 2.40 bits per heavy atom. The van der Waals surface area contributed by atoms with Crippen LogP contribution in [-0.2, 0) is 0 Å². The van der Waals surface area contributed by atoms with E-state index < -0.39 is 0 Å². The van der Waals surface area contributed by atoms with Gasteiger partial charge >= 0.3 is 0 Å². The molecule has 1 N–H and O–H groups in total. The lowest BCUT2D eigenvalue weighted by atomic mass is 10.1. The zero-order valence-electron chi connectivity index (χ0n) is 6.42. The van der Waals surface area contributed by atoms with Crippen molar-refractivity contribution in [3.05, 3.63) is 0 Å². The number of hydrogen-bond acceptors (Lipinski definition) is 1. The number of rotatable bonds is 4. The van der Waals surface area contributed by atoms with Crippen molar-refractivity contribution in [2.75, 3.05) is 0 Å². The van der Waals surface area contributed by atoms with Gasteiger partial charge in [0.25, 0.3) is 0 Å². The number of aliphatic hydroxyl groups is 1. The van der Waals surface area contributed by atoms with Crippen molar-refractivity contribution >= 4 is 0 Å². The normalized spacial score (nSPS) is 28.5. The van der Waals surface area contributed by atoms with Gasteiger partial charge in [-0.15, -0.1) is 0 Å². The molecule has 0 radical (unpaired) electrons. The summed E-state index contributed by atoms with van der Waals surface area (Å²) < 4.78 is 0. The molecular weight excluding hydrogens is 124 g/mol. The Morgan fingerprint density at radius 1 is 1.20 bits per heavy atom. The van der Waals surface area contributed by atoms with E-state index in [-0.39, 0.29) is 6.10 Å². The lowest BCUT2D eigenvalue weighted by molar-refractivity contribution is 0.137. The van der Waals surface area contributed by atoms with Gasteiger partial charge in [-0.2, -0.15) is 0 Å². The van der Waals surface area contributed by atoms with E-state index in [0.717, 1.165) is 12.3 Å². The first-order valence-electron chi connectivity index (χ1n) is 4.54. The van der Waals surface area contributed by atoms with Gasteiger partial charge in [0.05, 0.1) is 6.10 Å². The van der Waals surface area contributed by atoms with Crippen LogP contribution in [0.5, 0.6) is 0 Å². The molecule has 1 unspecified atom stereocenters. The minimum Gasteiger partial charge on any atom is -0.393 e. The number of aliphatic hydroxyl groups excluding tert-OH is 1. The Balaban J connectivity index is 1.58. The molecule has 0 heterocycles. The van der Waals surface area contributed by atoms with E-state index >= 15 is 0 Å². The van der Waals surface area contributed by atoms with Crippen LogP contribution in [0.2, 0.25) is 0 Å². The quantitative estimate of drug-likeness (QED) is 0.632. The lowest BCUT2D eigenvalue weighted by Crippen LogP contribution is -2.08. The molecule has 0 bridgehead atoms. The Morgan fingerprint density at radius 2 is 1.90 bits per heavy atom. The summed E-state index contributed by atoms with van der Waals surface area (Å²) in [4.78, 5) is 0. The number of hydrogen-bond donors (Lipinski definition) is 1. The van der Waals surface area contributed by atoms with E-state index in [0.29, 0.717) is 5.92 Å². The average molecular weight is 140 g/mol. The minimum absolute atomic E-state index is 0.0561. The van der Waals surface area contributed by atoms with Crippen molar-refractivity contribution in [3.63, 3.8) is 0 Å². The van der Waals surface area contributed by atoms with E-state index in [2.05, 4.69) is 0 Å². The van der Waals surface area contributed by atoms with Crippen molar-refractivity contribution in [2.45, 2.75) is 44.6 Å². The molecule has 1 heteroatoms. The molecule has 0 amide bonds. The fourth-order valence-electron chi connectivity index (χ4n) is 1.53. The fraction of sp³-hybridized carbons (Fsp3) is 1.00. The van der Waals surface area contributed by atoms with Gasteiger partial charge in [0.15, 0.2) is 0 Å². The van der Waals surface area contributed by atoms with Gasteiger partial charge in [0, 0.05) is 0 Å². The maximum absolute atomic E-state index is 9.47. The van der Waals surface area contributed by atoms with E-state index in [9.17, 15) is 5.11 Å². The third-order valence-corrected chi connectivity index (χ3v) is 2.73. The standard InChI is InChI=1S/C9H16O/c10-9(8-4-5-8)6-3-7-1-2-7/h7-10H,1-6H2. The Hall–Kier alpha value is -0.0400. The lowest BCUT2D eigenvalue weighted by Gasteiger charge is -2.06. The van der Waals surface area contributed by atoms with E-state index in [1.807, 2.05) is 0 Å². The molecule has 0 aromatic carbocycles. The van der Waals surface area contributed by atoms with Crippen molar-refractivity contribution in [3.8, 4) is 0 Å². The maximum atomic E-state index is 9.47. The van der Waals surface area contributed by atoms with Crippen LogP contribution in [0.25, 0.3) is 0 Å². The fourth-order valence-corrected chi connectivity index (χ4v) is 1.53. The van der Waals surface area contributed by atoms with Gasteiger partial charge < -0.3 is 5.11 Å². The molecule has 0 aliphatic heterocycles. The van der Waals surface area contributed by atoms with Crippen molar-refractivity contribution in [1.29, 1.82) is 0 Å². The molecule has 0 spiro atoms. The molecule has 0 saturated heterocycles. The van der Waals surface area contributed by atoms with E-state index in [1.54, 1.807) is 0 Å². The summed E-state index contributed by atoms with van der Waals surface area (Å²) in [6.45, 7) is 0. The predicted molar refractivity (Wildman–Crippen MR) is 40.7 cm³/mol. The third-order valence-electron chi connectivity index (χ3n) is 2.73. The van der Waals surface area contributed by atoms with Crippen LogP contribution in [0.4, 0.5) is 0 Å². The topological polar surface area (TPSA) is 20.2 Å². The van der Waals surface area contributed by atoms with Gasteiger partial charge in [0.1, 0.15) is 0 Å². The zero-order valence-corrected chi connectivity index (χ0v) is 6.42. The Kier molecular flexibility index (Phi) is 1.69.